The van der Waals surface area contributed by atoms with Gasteiger partial charge in [-0.2, -0.15) is 0 Å². The van der Waals surface area contributed by atoms with Crippen molar-refractivity contribution >= 4 is 0 Å². The van der Waals surface area contributed by atoms with Crippen molar-refractivity contribution in [3.05, 3.63) is 46.5 Å². The van der Waals surface area contributed by atoms with E-state index in [1.54, 1.807) is 14.2 Å². The van der Waals surface area contributed by atoms with Crippen molar-refractivity contribution in [1.82, 2.24) is 4.90 Å². The first-order chi connectivity index (χ1) is 11.5. The molecule has 5 nitrogen and oxygen atoms in total. The predicted molar refractivity (Wildman–Crippen MR) is 90.0 cm³/mol. The molecule has 0 spiro atoms. The Labute approximate surface area is 141 Å². The number of hydrogen-bond donors (Lipinski definition) is 2. The SMILES string of the molecule is COc1cc2c(cc1O)[C@@H]1Cc3ccc(OC)c(O)c3[C@H](C2)N1C. The Hall–Kier alpha value is -2.40. The van der Waals surface area contributed by atoms with Gasteiger partial charge in [0, 0.05) is 17.6 Å². The van der Waals surface area contributed by atoms with Crippen molar-refractivity contribution in [2.75, 3.05) is 21.3 Å². The normalized spacial score (nSPS) is 21.8. The monoisotopic (exact) mass is 327 g/mol. The Balaban J connectivity index is 1.87. The highest BCUT2D eigenvalue weighted by Crippen LogP contribution is 2.52. The molecule has 2 aliphatic rings. The molecule has 4 rings (SSSR count). The first kappa shape index (κ1) is 15.1. The van der Waals surface area contributed by atoms with Crippen molar-refractivity contribution < 1.29 is 19.7 Å². The summed E-state index contributed by atoms with van der Waals surface area (Å²) in [6.07, 6.45) is 1.55. The maximum Gasteiger partial charge on any atom is 0.162 e. The van der Waals surface area contributed by atoms with E-state index >= 15 is 0 Å². The molecule has 2 bridgehead atoms. The minimum absolute atomic E-state index is 0.0793. The van der Waals surface area contributed by atoms with Gasteiger partial charge >= 0.3 is 0 Å². The average molecular weight is 327 g/mol. The molecule has 0 fully saturated rings. The molecule has 0 aromatic heterocycles. The number of phenols is 2. The molecule has 2 aliphatic heterocycles. The van der Waals surface area contributed by atoms with Crippen molar-refractivity contribution in [3.63, 3.8) is 0 Å². The van der Waals surface area contributed by atoms with Gasteiger partial charge in [-0.05, 0) is 54.8 Å². The number of fused-ring (bicyclic) bond motifs is 6. The van der Waals surface area contributed by atoms with Crippen LogP contribution in [0.25, 0.3) is 0 Å². The van der Waals surface area contributed by atoms with Crippen molar-refractivity contribution in [3.8, 4) is 23.0 Å². The maximum absolute atomic E-state index is 10.6. The van der Waals surface area contributed by atoms with Crippen LogP contribution in [0.5, 0.6) is 23.0 Å². The van der Waals surface area contributed by atoms with E-state index in [4.69, 9.17) is 9.47 Å². The van der Waals surface area contributed by atoms with E-state index in [9.17, 15) is 10.2 Å². The summed E-state index contributed by atoms with van der Waals surface area (Å²) in [7, 11) is 5.20. The summed E-state index contributed by atoms with van der Waals surface area (Å²) in [4.78, 5) is 2.27. The molecule has 24 heavy (non-hydrogen) atoms. The van der Waals surface area contributed by atoms with Gasteiger partial charge in [0.15, 0.2) is 23.0 Å². The molecule has 0 amide bonds. The quantitative estimate of drug-likeness (QED) is 0.888. The van der Waals surface area contributed by atoms with Crippen LogP contribution in [-0.4, -0.2) is 36.4 Å². The molecule has 0 unspecified atom stereocenters. The lowest BCUT2D eigenvalue weighted by molar-refractivity contribution is 0.134. The lowest BCUT2D eigenvalue weighted by Gasteiger charge is -2.46. The third kappa shape index (κ3) is 1.97. The molecule has 2 aromatic carbocycles. The van der Waals surface area contributed by atoms with Gasteiger partial charge in [-0.15, -0.1) is 0 Å². The van der Waals surface area contributed by atoms with Crippen LogP contribution in [0, 0.1) is 0 Å². The van der Waals surface area contributed by atoms with E-state index in [0.29, 0.717) is 11.5 Å². The van der Waals surface area contributed by atoms with Crippen LogP contribution in [0.1, 0.15) is 34.3 Å². The Morgan fingerprint density at radius 1 is 0.958 bits per heavy atom. The van der Waals surface area contributed by atoms with Gasteiger partial charge in [0.1, 0.15) is 0 Å². The number of hydrogen-bond acceptors (Lipinski definition) is 5. The van der Waals surface area contributed by atoms with Gasteiger partial charge < -0.3 is 19.7 Å². The van der Waals surface area contributed by atoms with Gasteiger partial charge in [0.25, 0.3) is 0 Å². The molecule has 0 aliphatic carbocycles. The predicted octanol–water partition coefficient (Wildman–Crippen LogP) is 2.94. The second kappa shape index (κ2) is 5.31. The fourth-order valence-electron chi connectivity index (χ4n) is 4.18. The van der Waals surface area contributed by atoms with Gasteiger partial charge in [0.05, 0.1) is 14.2 Å². The zero-order chi connectivity index (χ0) is 17.0. The Bertz CT molecular complexity index is 817. The number of aromatic hydroxyl groups is 2. The van der Waals surface area contributed by atoms with Crippen LogP contribution in [0.4, 0.5) is 0 Å². The molecule has 0 radical (unpaired) electrons. The van der Waals surface area contributed by atoms with Gasteiger partial charge in [-0.25, -0.2) is 0 Å². The Morgan fingerprint density at radius 3 is 2.38 bits per heavy atom. The molecule has 2 N–H and O–H groups in total. The number of methoxy groups -OCH3 is 2. The standard InChI is InChI=1S/C19H21NO4/c1-20-13-6-10-4-5-16(23-2)19(22)18(10)14(20)7-11-8-17(24-3)15(21)9-12(11)13/h4-5,8-9,13-14,21-22H,6-7H2,1-3H3/t13-,14-/m0/s1. The second-order valence-corrected chi connectivity index (χ2v) is 6.52. The van der Waals surface area contributed by atoms with E-state index in [-0.39, 0.29) is 23.6 Å². The van der Waals surface area contributed by atoms with E-state index in [1.165, 1.54) is 0 Å². The first-order valence-corrected chi connectivity index (χ1v) is 8.05. The molecule has 0 saturated heterocycles. The van der Waals surface area contributed by atoms with Crippen LogP contribution in [0.3, 0.4) is 0 Å². The van der Waals surface area contributed by atoms with E-state index in [2.05, 4.69) is 11.9 Å². The first-order valence-electron chi connectivity index (χ1n) is 8.05. The Kier molecular flexibility index (Phi) is 3.35. The number of likely N-dealkylation sites (N-methyl/N-ethyl adjacent to an activating group) is 1. The minimum Gasteiger partial charge on any atom is -0.504 e. The fraction of sp³-hybridized carbons (Fsp3) is 0.368. The van der Waals surface area contributed by atoms with Gasteiger partial charge in [0.2, 0.25) is 0 Å². The Morgan fingerprint density at radius 2 is 1.67 bits per heavy atom. The zero-order valence-electron chi connectivity index (χ0n) is 14.0. The molecule has 2 atom stereocenters. The number of nitrogens with zero attached hydrogens (tertiary/aromatic N) is 1. The summed E-state index contributed by atoms with van der Waals surface area (Å²) in [6.45, 7) is 0. The van der Waals surface area contributed by atoms with Gasteiger partial charge in [-0.3, -0.25) is 4.90 Å². The average Bonchev–Trinajstić information content (AvgIpc) is 2.56. The highest BCUT2D eigenvalue weighted by Gasteiger charge is 2.40. The summed E-state index contributed by atoms with van der Waals surface area (Å²) in [5.41, 5.74) is 4.38. The van der Waals surface area contributed by atoms with Crippen LogP contribution in [-0.2, 0) is 12.8 Å². The molecular weight excluding hydrogens is 306 g/mol. The highest BCUT2D eigenvalue weighted by molar-refractivity contribution is 5.57. The summed E-state index contributed by atoms with van der Waals surface area (Å²) in [6, 6.07) is 7.85. The summed E-state index contributed by atoms with van der Waals surface area (Å²) < 4.78 is 10.5. The van der Waals surface area contributed by atoms with Crippen molar-refractivity contribution in [2.24, 2.45) is 0 Å². The third-order valence-corrected chi connectivity index (χ3v) is 5.43. The molecular formula is C19H21NO4. The van der Waals surface area contributed by atoms with Crippen LogP contribution in [0.2, 0.25) is 0 Å². The molecule has 126 valence electrons. The zero-order valence-corrected chi connectivity index (χ0v) is 14.0. The minimum atomic E-state index is 0.0793. The summed E-state index contributed by atoms with van der Waals surface area (Å²) in [5.74, 6) is 1.41. The second-order valence-electron chi connectivity index (χ2n) is 6.52. The van der Waals surface area contributed by atoms with Crippen LogP contribution >= 0.6 is 0 Å². The van der Waals surface area contributed by atoms with E-state index in [1.807, 2.05) is 24.3 Å². The van der Waals surface area contributed by atoms with Crippen molar-refractivity contribution in [2.45, 2.75) is 24.9 Å². The number of ether oxygens (including phenoxy) is 2. The number of benzene rings is 2. The maximum atomic E-state index is 10.6. The van der Waals surface area contributed by atoms with Crippen LogP contribution < -0.4 is 9.47 Å². The number of rotatable bonds is 2. The topological polar surface area (TPSA) is 62.2 Å². The lowest BCUT2D eigenvalue weighted by atomic mass is 9.76. The van der Waals surface area contributed by atoms with E-state index < -0.39 is 0 Å². The molecule has 2 aromatic rings. The van der Waals surface area contributed by atoms with E-state index in [0.717, 1.165) is 35.1 Å². The van der Waals surface area contributed by atoms with Crippen LogP contribution in [0.15, 0.2) is 24.3 Å². The highest BCUT2D eigenvalue weighted by atomic mass is 16.5. The third-order valence-electron chi connectivity index (χ3n) is 5.43. The fourth-order valence-corrected chi connectivity index (χ4v) is 4.18. The molecule has 0 saturated carbocycles. The summed E-state index contributed by atoms with van der Waals surface area (Å²) in [5, 5.41) is 20.8. The molecule has 5 heteroatoms. The summed E-state index contributed by atoms with van der Waals surface area (Å²) >= 11 is 0. The largest absolute Gasteiger partial charge is 0.504 e. The number of phenolic OH excluding ortho intramolecular Hbond substituents is 2. The molecule has 2 heterocycles. The smallest absolute Gasteiger partial charge is 0.162 e. The van der Waals surface area contributed by atoms with Gasteiger partial charge in [-0.1, -0.05) is 6.07 Å². The lowest BCUT2D eigenvalue weighted by Crippen LogP contribution is -2.40. The van der Waals surface area contributed by atoms with Crippen molar-refractivity contribution in [1.29, 1.82) is 0 Å².